The molecule has 17 heteroatoms. The molecule has 1 aliphatic rings. The zero-order valence-corrected chi connectivity index (χ0v) is 26.8. The van der Waals surface area contributed by atoms with E-state index in [9.17, 15) is 37.1 Å². The van der Waals surface area contributed by atoms with Gasteiger partial charge in [0.15, 0.2) is 17.4 Å². The number of aromatic hydroxyl groups is 1. The molecule has 0 saturated heterocycles. The van der Waals surface area contributed by atoms with Crippen molar-refractivity contribution in [2.45, 2.75) is 26.7 Å². The second-order valence-electron chi connectivity index (χ2n) is 10.9. The van der Waals surface area contributed by atoms with Gasteiger partial charge in [-0.25, -0.2) is 32.2 Å². The molecule has 0 saturated carbocycles. The van der Waals surface area contributed by atoms with Crippen molar-refractivity contribution in [1.29, 1.82) is 0 Å². The van der Waals surface area contributed by atoms with Crippen LogP contribution < -0.4 is 24.8 Å². The van der Waals surface area contributed by atoms with Crippen molar-refractivity contribution in [3.63, 3.8) is 0 Å². The normalized spacial score (nSPS) is 12.6. The number of allylic oxidation sites excluding steroid dienone is 1. The number of alkyl halides is 2. The molecule has 0 bridgehead atoms. The Morgan fingerprint density at radius 3 is 2.60 bits per heavy atom. The van der Waals surface area contributed by atoms with E-state index in [0.717, 1.165) is 12.1 Å². The molecular formula is C33H24F4N6O6S. The molecule has 0 unspecified atom stereocenters. The lowest BCUT2D eigenvalue weighted by molar-refractivity contribution is 0.0822. The molecule has 6 rings (SSSR count). The van der Waals surface area contributed by atoms with Crippen LogP contribution in [0.25, 0.3) is 11.8 Å². The fourth-order valence-electron chi connectivity index (χ4n) is 5.22. The van der Waals surface area contributed by atoms with Crippen LogP contribution in [0.2, 0.25) is 0 Å². The average molecular weight is 709 g/mol. The summed E-state index contributed by atoms with van der Waals surface area (Å²) in [5, 5.41) is 14.4. The maximum Gasteiger partial charge on any atom is 0.310 e. The number of rotatable bonds is 10. The van der Waals surface area contributed by atoms with Gasteiger partial charge in [-0.2, -0.15) is 5.10 Å². The number of aromatic nitrogens is 4. The van der Waals surface area contributed by atoms with Crippen LogP contribution in [0.4, 0.5) is 29.1 Å². The number of hydrogen-bond acceptors (Lipinski definition) is 11. The summed E-state index contributed by atoms with van der Waals surface area (Å²) in [5.41, 5.74) is 8.38. The number of H-pyrrole nitrogens is 1. The quantitative estimate of drug-likeness (QED) is 0.0941. The van der Waals surface area contributed by atoms with Gasteiger partial charge in [0.25, 0.3) is 11.2 Å². The number of carbonyl (C=O) groups excluding carboxylic acids is 1. The molecule has 3 aromatic heterocycles. The first-order chi connectivity index (χ1) is 23.8. The molecular weight excluding hydrogens is 684 g/mol. The summed E-state index contributed by atoms with van der Waals surface area (Å²) in [4.78, 5) is 47.4. The maximum atomic E-state index is 14.1. The van der Waals surface area contributed by atoms with Crippen molar-refractivity contribution in [1.82, 2.24) is 19.7 Å². The van der Waals surface area contributed by atoms with Crippen LogP contribution in [0.1, 0.15) is 39.5 Å². The Bertz CT molecular complexity index is 2350. The van der Waals surface area contributed by atoms with E-state index in [1.165, 1.54) is 48.3 Å². The van der Waals surface area contributed by atoms with Crippen molar-refractivity contribution in [3.8, 4) is 28.9 Å². The number of Topliss-reactive ketones (excluding diaryl/α,β-unsaturated/α-hetero) is 1. The number of nitrogen functional groups attached to an aromatic ring is 1. The topological polar surface area (TPSA) is 175 Å². The molecule has 0 radical (unpaired) electrons. The number of nitrogens with two attached hydrogens (primary N) is 1. The second kappa shape index (κ2) is 13.4. The number of ether oxygens (including phenoxy) is 2. The Hall–Kier alpha value is -6.10. The van der Waals surface area contributed by atoms with Gasteiger partial charge in [0.05, 0.1) is 29.4 Å². The minimum Gasteiger partial charge on any atom is -0.494 e. The Morgan fingerprint density at radius 1 is 1.18 bits per heavy atom. The zero-order valence-electron chi connectivity index (χ0n) is 26.0. The highest BCUT2D eigenvalue weighted by Crippen LogP contribution is 2.38. The summed E-state index contributed by atoms with van der Waals surface area (Å²) in [5.74, 6) is -3.79. The Balaban J connectivity index is 1.27. The third kappa shape index (κ3) is 6.62. The fraction of sp³-hybridized carbons (Fsp3) is 0.152. The Labute approximate surface area is 282 Å². The van der Waals surface area contributed by atoms with Gasteiger partial charge in [0.1, 0.15) is 29.4 Å². The molecule has 0 atom stereocenters. The van der Waals surface area contributed by atoms with E-state index in [4.69, 9.17) is 15.2 Å². The van der Waals surface area contributed by atoms with Gasteiger partial charge in [0.2, 0.25) is 17.5 Å². The summed E-state index contributed by atoms with van der Waals surface area (Å²) < 4.78 is 65.4. The van der Waals surface area contributed by atoms with Crippen LogP contribution in [-0.2, 0) is 6.42 Å². The number of aryl methyl sites for hydroxylation is 1. The third-order valence-electron chi connectivity index (χ3n) is 7.55. The van der Waals surface area contributed by atoms with Gasteiger partial charge in [0, 0.05) is 18.1 Å². The van der Waals surface area contributed by atoms with E-state index in [1.807, 2.05) is 0 Å². The van der Waals surface area contributed by atoms with Crippen LogP contribution in [0.5, 0.6) is 23.3 Å². The number of benzene rings is 2. The molecule has 5 aromatic rings. The third-order valence-corrected chi connectivity index (χ3v) is 8.22. The van der Waals surface area contributed by atoms with Crippen LogP contribution in [-0.4, -0.2) is 49.4 Å². The number of pyridine rings is 1. The number of ketones is 1. The molecule has 256 valence electrons. The number of anilines is 1. The molecule has 0 fully saturated rings. The summed E-state index contributed by atoms with van der Waals surface area (Å²) in [6.45, 7) is 2.08. The number of fused-ring (bicyclic) bond motifs is 1. The lowest BCUT2D eigenvalue weighted by Crippen LogP contribution is -2.17. The van der Waals surface area contributed by atoms with Crippen molar-refractivity contribution >= 4 is 40.4 Å². The molecule has 0 amide bonds. The van der Waals surface area contributed by atoms with Gasteiger partial charge in [-0.05, 0) is 72.2 Å². The number of para-hydroxylation sites is 1. The Kier molecular flexibility index (Phi) is 9.07. The summed E-state index contributed by atoms with van der Waals surface area (Å²) >= 11 is 0.321. The number of aliphatic imine (C=N–C) groups is 1. The van der Waals surface area contributed by atoms with E-state index in [-0.39, 0.29) is 52.0 Å². The maximum absolute atomic E-state index is 14.1. The van der Waals surface area contributed by atoms with E-state index in [0.29, 0.717) is 33.7 Å². The molecule has 12 nitrogen and oxygen atoms in total. The van der Waals surface area contributed by atoms with Crippen molar-refractivity contribution < 1.29 is 36.9 Å². The van der Waals surface area contributed by atoms with E-state index in [1.54, 1.807) is 13.0 Å². The van der Waals surface area contributed by atoms with Gasteiger partial charge in [-0.1, -0.05) is 6.07 Å². The number of nitrogens with one attached hydrogen (secondary N) is 1. The standard InChI is InChI=1S/C33H24F4N6O6S/c1-14-6-26(49-29-20(34)4-3-5-21(29)35)39-12-23(14)43-30(38)19(11-40-43)28(44)18-7-16-9-22(24(10-17(16)8-18)48-13-25(36)37)41-15(2)27-31(45)42-33(47)50-32(27)46/h3-6,8-12,25,45H,7,13,38H2,1-2H3,(H,42,47). The minimum atomic E-state index is -2.82. The SMILES string of the molecule is CC(=Nc1cc2c(cc1OCC(F)F)C=C(C(=O)c1cnn(-c3cnc(Oc4c(F)cccc4F)cc3C)c1N)C2)c1c(O)[nH]c(=O)sc1=O. The van der Waals surface area contributed by atoms with Gasteiger partial charge in [-0.3, -0.25) is 19.4 Å². The van der Waals surface area contributed by atoms with E-state index < -0.39 is 51.7 Å². The molecule has 0 aliphatic heterocycles. The molecule has 0 spiro atoms. The van der Waals surface area contributed by atoms with Crippen LogP contribution >= 0.6 is 11.3 Å². The van der Waals surface area contributed by atoms with E-state index >= 15 is 0 Å². The van der Waals surface area contributed by atoms with Crippen molar-refractivity contribution in [2.24, 2.45) is 4.99 Å². The molecule has 1 aliphatic carbocycles. The predicted molar refractivity (Wildman–Crippen MR) is 176 cm³/mol. The summed E-state index contributed by atoms with van der Waals surface area (Å²) in [7, 11) is 0. The van der Waals surface area contributed by atoms with Crippen LogP contribution in [0, 0.1) is 18.6 Å². The van der Waals surface area contributed by atoms with Crippen molar-refractivity contribution in [2.75, 3.05) is 12.3 Å². The lowest BCUT2D eigenvalue weighted by Gasteiger charge is -2.12. The summed E-state index contributed by atoms with van der Waals surface area (Å²) in [6.07, 6.45) is 1.42. The predicted octanol–water partition coefficient (Wildman–Crippen LogP) is 5.65. The first-order valence-electron chi connectivity index (χ1n) is 14.6. The smallest absolute Gasteiger partial charge is 0.310 e. The lowest BCUT2D eigenvalue weighted by atomic mass is 10.0. The largest absolute Gasteiger partial charge is 0.494 e. The number of carbonyl (C=O) groups is 1. The number of aromatic amines is 1. The number of nitrogens with zero attached hydrogens (tertiary/aromatic N) is 4. The first kappa shape index (κ1) is 33.8. The fourth-order valence-corrected chi connectivity index (χ4v) is 5.88. The van der Waals surface area contributed by atoms with Crippen LogP contribution in [0.3, 0.4) is 0 Å². The minimum absolute atomic E-state index is 0.0203. The molecule has 2 aromatic carbocycles. The monoisotopic (exact) mass is 708 g/mol. The first-order valence-corrected chi connectivity index (χ1v) is 15.4. The highest BCUT2D eigenvalue weighted by Gasteiger charge is 2.26. The second-order valence-corrected chi connectivity index (χ2v) is 11.9. The zero-order chi connectivity index (χ0) is 35.9. The molecule has 4 N–H and O–H groups in total. The van der Waals surface area contributed by atoms with Gasteiger partial charge in [-0.15, -0.1) is 0 Å². The summed E-state index contributed by atoms with van der Waals surface area (Å²) in [6, 6.07) is 7.64. The average Bonchev–Trinajstić information content (AvgIpc) is 3.64. The van der Waals surface area contributed by atoms with Gasteiger partial charge < -0.3 is 20.3 Å². The number of halogens is 4. The molecule has 50 heavy (non-hydrogen) atoms. The highest BCUT2D eigenvalue weighted by atomic mass is 32.1. The Morgan fingerprint density at radius 2 is 1.92 bits per heavy atom. The number of hydrogen-bond donors (Lipinski definition) is 3. The van der Waals surface area contributed by atoms with Crippen molar-refractivity contribution in [3.05, 3.63) is 113 Å². The highest BCUT2D eigenvalue weighted by molar-refractivity contribution is 7.06. The van der Waals surface area contributed by atoms with Crippen LogP contribution in [0.15, 0.2) is 68.9 Å². The van der Waals surface area contributed by atoms with Gasteiger partial charge >= 0.3 is 4.87 Å². The molecule has 3 heterocycles. The van der Waals surface area contributed by atoms with E-state index in [2.05, 4.69) is 20.1 Å².